The number of amides is 1. The molecule has 1 rings (SSSR count). The van der Waals surface area contributed by atoms with E-state index in [0.29, 0.717) is 18.6 Å². The topological polar surface area (TPSA) is 53.6 Å². The zero-order valence-corrected chi connectivity index (χ0v) is 15.1. The van der Waals surface area contributed by atoms with E-state index in [1.54, 1.807) is 0 Å². The molecule has 0 radical (unpaired) electrons. The fourth-order valence-corrected chi connectivity index (χ4v) is 2.74. The van der Waals surface area contributed by atoms with E-state index in [0.717, 1.165) is 13.0 Å². The van der Waals surface area contributed by atoms with Crippen LogP contribution in [0.3, 0.4) is 0 Å². The Kier molecular flexibility index (Phi) is 8.18. The summed E-state index contributed by atoms with van der Waals surface area (Å²) in [6.07, 6.45) is 4.35. The van der Waals surface area contributed by atoms with Gasteiger partial charge < -0.3 is 20.3 Å². The van der Waals surface area contributed by atoms with Gasteiger partial charge >= 0.3 is 6.09 Å². The Balaban J connectivity index is 2.08. The van der Waals surface area contributed by atoms with Crippen LogP contribution in [0.2, 0.25) is 0 Å². The Bertz CT molecular complexity index is 326. The summed E-state index contributed by atoms with van der Waals surface area (Å²) < 4.78 is 5.21. The number of carbonyl (C=O) groups excluding carboxylic acids is 1. The van der Waals surface area contributed by atoms with Crippen LogP contribution in [0.15, 0.2) is 0 Å². The SMILES string of the molecule is CC(C)N1CCCC(NCCCNC(=O)OC(C)(C)C)CC1. The van der Waals surface area contributed by atoms with Crippen molar-refractivity contribution >= 4 is 6.09 Å². The van der Waals surface area contributed by atoms with Crippen molar-refractivity contribution in [2.75, 3.05) is 26.2 Å². The lowest BCUT2D eigenvalue weighted by atomic mass is 10.1. The molecule has 1 fully saturated rings. The molecule has 5 nitrogen and oxygen atoms in total. The van der Waals surface area contributed by atoms with E-state index >= 15 is 0 Å². The van der Waals surface area contributed by atoms with Gasteiger partial charge in [-0.1, -0.05) is 0 Å². The predicted molar refractivity (Wildman–Crippen MR) is 91.2 cm³/mol. The standard InChI is InChI=1S/C17H35N3O2/c1-14(2)20-12-6-8-15(9-13-20)18-10-7-11-19-16(21)22-17(3,4)5/h14-15,18H,6-13H2,1-5H3,(H,19,21). The van der Waals surface area contributed by atoms with Gasteiger partial charge in [-0.15, -0.1) is 0 Å². The Hall–Kier alpha value is -0.810. The molecule has 1 saturated heterocycles. The Morgan fingerprint density at radius 2 is 1.95 bits per heavy atom. The quantitative estimate of drug-likeness (QED) is 0.740. The second kappa shape index (κ2) is 9.36. The molecule has 0 bridgehead atoms. The van der Waals surface area contributed by atoms with Gasteiger partial charge in [0.1, 0.15) is 5.60 Å². The Morgan fingerprint density at radius 1 is 1.23 bits per heavy atom. The normalized spacial score (nSPS) is 20.7. The minimum absolute atomic E-state index is 0.324. The van der Waals surface area contributed by atoms with Gasteiger partial charge in [-0.25, -0.2) is 4.79 Å². The van der Waals surface area contributed by atoms with Crippen molar-refractivity contribution in [2.24, 2.45) is 0 Å². The molecule has 1 amide bonds. The van der Waals surface area contributed by atoms with E-state index in [2.05, 4.69) is 29.4 Å². The number of nitrogens with zero attached hydrogens (tertiary/aromatic N) is 1. The summed E-state index contributed by atoms with van der Waals surface area (Å²) in [5.74, 6) is 0. The van der Waals surface area contributed by atoms with Crippen LogP contribution in [-0.4, -0.2) is 54.9 Å². The third kappa shape index (κ3) is 8.59. The number of alkyl carbamates (subject to hydrolysis) is 1. The number of rotatable bonds is 6. The number of nitrogens with one attached hydrogen (secondary N) is 2. The number of hydrogen-bond donors (Lipinski definition) is 2. The van der Waals surface area contributed by atoms with Gasteiger partial charge in [0.25, 0.3) is 0 Å². The average Bonchev–Trinajstić information content (AvgIpc) is 2.62. The first-order valence-corrected chi connectivity index (χ1v) is 8.72. The first-order valence-electron chi connectivity index (χ1n) is 8.72. The minimum Gasteiger partial charge on any atom is -0.444 e. The van der Waals surface area contributed by atoms with Crippen molar-refractivity contribution < 1.29 is 9.53 Å². The fourth-order valence-electron chi connectivity index (χ4n) is 2.74. The van der Waals surface area contributed by atoms with Crippen LogP contribution in [-0.2, 0) is 4.74 Å². The molecule has 130 valence electrons. The van der Waals surface area contributed by atoms with Gasteiger partial charge in [-0.05, 0) is 79.9 Å². The van der Waals surface area contributed by atoms with Crippen LogP contribution >= 0.6 is 0 Å². The van der Waals surface area contributed by atoms with E-state index in [1.807, 2.05) is 20.8 Å². The molecule has 0 aromatic carbocycles. The van der Waals surface area contributed by atoms with Crippen LogP contribution in [0, 0.1) is 0 Å². The highest BCUT2D eigenvalue weighted by Gasteiger charge is 2.18. The molecule has 1 aliphatic rings. The lowest BCUT2D eigenvalue weighted by Crippen LogP contribution is -2.36. The second-order valence-electron chi connectivity index (χ2n) is 7.49. The fraction of sp³-hybridized carbons (Fsp3) is 0.941. The van der Waals surface area contributed by atoms with Gasteiger partial charge in [0.05, 0.1) is 0 Å². The van der Waals surface area contributed by atoms with Crippen molar-refractivity contribution in [1.82, 2.24) is 15.5 Å². The highest BCUT2D eigenvalue weighted by atomic mass is 16.6. The first-order chi connectivity index (χ1) is 10.3. The van der Waals surface area contributed by atoms with Crippen molar-refractivity contribution in [3.63, 3.8) is 0 Å². The molecule has 0 spiro atoms. The maximum atomic E-state index is 11.5. The zero-order chi connectivity index (χ0) is 16.6. The van der Waals surface area contributed by atoms with E-state index in [1.165, 1.54) is 32.4 Å². The molecule has 22 heavy (non-hydrogen) atoms. The maximum absolute atomic E-state index is 11.5. The van der Waals surface area contributed by atoms with Crippen molar-refractivity contribution in [3.05, 3.63) is 0 Å². The maximum Gasteiger partial charge on any atom is 0.407 e. The van der Waals surface area contributed by atoms with Crippen molar-refractivity contribution in [2.45, 2.75) is 78.0 Å². The molecule has 5 heteroatoms. The molecule has 2 N–H and O–H groups in total. The highest BCUT2D eigenvalue weighted by molar-refractivity contribution is 5.67. The predicted octanol–water partition coefficient (Wildman–Crippen LogP) is 2.75. The summed E-state index contributed by atoms with van der Waals surface area (Å²) in [6.45, 7) is 14.2. The molecule has 1 atom stereocenters. The van der Waals surface area contributed by atoms with Crippen molar-refractivity contribution in [3.8, 4) is 0 Å². The zero-order valence-electron chi connectivity index (χ0n) is 15.1. The van der Waals surface area contributed by atoms with Gasteiger partial charge in [-0.3, -0.25) is 0 Å². The van der Waals surface area contributed by atoms with E-state index < -0.39 is 5.60 Å². The van der Waals surface area contributed by atoms with Crippen LogP contribution in [0.1, 0.15) is 60.3 Å². The monoisotopic (exact) mass is 313 g/mol. The van der Waals surface area contributed by atoms with Crippen LogP contribution in [0.25, 0.3) is 0 Å². The molecular formula is C17H35N3O2. The van der Waals surface area contributed by atoms with E-state index in [4.69, 9.17) is 4.74 Å². The lowest BCUT2D eigenvalue weighted by Gasteiger charge is -2.24. The first kappa shape index (κ1) is 19.2. The molecule has 0 aromatic heterocycles. The minimum atomic E-state index is -0.426. The number of carbonyl (C=O) groups is 1. The van der Waals surface area contributed by atoms with Gasteiger partial charge in [0.15, 0.2) is 0 Å². The van der Waals surface area contributed by atoms with Crippen molar-refractivity contribution in [1.29, 1.82) is 0 Å². The average molecular weight is 313 g/mol. The van der Waals surface area contributed by atoms with Crippen LogP contribution < -0.4 is 10.6 Å². The smallest absolute Gasteiger partial charge is 0.407 e. The molecule has 0 aromatic rings. The lowest BCUT2D eigenvalue weighted by molar-refractivity contribution is 0.0527. The van der Waals surface area contributed by atoms with Crippen LogP contribution in [0.5, 0.6) is 0 Å². The van der Waals surface area contributed by atoms with Gasteiger partial charge in [0.2, 0.25) is 0 Å². The van der Waals surface area contributed by atoms with Gasteiger partial charge in [0, 0.05) is 18.6 Å². The van der Waals surface area contributed by atoms with Gasteiger partial charge in [-0.2, -0.15) is 0 Å². The summed E-state index contributed by atoms with van der Waals surface area (Å²) in [5, 5.41) is 6.43. The number of likely N-dealkylation sites (tertiary alicyclic amines) is 1. The number of hydrogen-bond acceptors (Lipinski definition) is 4. The summed E-state index contributed by atoms with van der Waals surface area (Å²) in [7, 11) is 0. The third-order valence-corrected chi connectivity index (χ3v) is 3.95. The second-order valence-corrected chi connectivity index (χ2v) is 7.49. The summed E-state index contributed by atoms with van der Waals surface area (Å²) in [5.41, 5.74) is -0.426. The van der Waals surface area contributed by atoms with E-state index in [9.17, 15) is 4.79 Å². The molecule has 1 unspecified atom stereocenters. The molecular weight excluding hydrogens is 278 g/mol. The Morgan fingerprint density at radius 3 is 2.59 bits per heavy atom. The number of ether oxygens (including phenoxy) is 1. The van der Waals surface area contributed by atoms with Crippen LogP contribution in [0.4, 0.5) is 4.79 Å². The summed E-state index contributed by atoms with van der Waals surface area (Å²) >= 11 is 0. The summed E-state index contributed by atoms with van der Waals surface area (Å²) in [6, 6.07) is 1.27. The largest absolute Gasteiger partial charge is 0.444 e. The summed E-state index contributed by atoms with van der Waals surface area (Å²) in [4.78, 5) is 14.1. The molecule has 0 aliphatic carbocycles. The Labute approximate surface area is 136 Å². The third-order valence-electron chi connectivity index (χ3n) is 3.95. The molecule has 1 heterocycles. The molecule has 1 aliphatic heterocycles. The molecule has 0 saturated carbocycles. The highest BCUT2D eigenvalue weighted by Crippen LogP contribution is 2.13. The van der Waals surface area contributed by atoms with E-state index in [-0.39, 0.29) is 6.09 Å².